The Hall–Kier alpha value is -4.40. The molecule has 1 aliphatic carbocycles. The quantitative estimate of drug-likeness (QED) is 0.155. The summed E-state index contributed by atoms with van der Waals surface area (Å²) in [7, 11) is 1.87. The molecule has 2 heterocycles. The van der Waals surface area contributed by atoms with E-state index in [1.807, 2.05) is 44.2 Å². The lowest BCUT2D eigenvalue weighted by Crippen LogP contribution is -2.49. The van der Waals surface area contributed by atoms with E-state index >= 15 is 0 Å². The zero-order chi connectivity index (χ0) is 31.1. The number of hydrogen-bond donors (Lipinski definition) is 4. The molecule has 44 heavy (non-hydrogen) atoms. The van der Waals surface area contributed by atoms with Crippen molar-refractivity contribution in [1.82, 2.24) is 21.0 Å². The summed E-state index contributed by atoms with van der Waals surface area (Å²) in [5.74, 6) is -0.401. The van der Waals surface area contributed by atoms with Crippen LogP contribution in [0.15, 0.2) is 84.8 Å². The molecule has 6 rings (SSSR count). The summed E-state index contributed by atoms with van der Waals surface area (Å²) < 4.78 is 41.9. The molecule has 4 N–H and O–H groups in total. The van der Waals surface area contributed by atoms with Gasteiger partial charge in [0.2, 0.25) is 0 Å². The van der Waals surface area contributed by atoms with Gasteiger partial charge in [-0.05, 0) is 54.7 Å². The summed E-state index contributed by atoms with van der Waals surface area (Å²) in [6.45, 7) is 2.06. The number of hydrogen-bond acceptors (Lipinski definition) is 7. The Kier molecular flexibility index (Phi) is 7.82. The molecule has 0 spiro atoms. The molecule has 4 aromatic rings. The molecule has 7 nitrogen and oxygen atoms in total. The second-order valence-corrected chi connectivity index (χ2v) is 11.7. The van der Waals surface area contributed by atoms with Gasteiger partial charge in [0.05, 0.1) is 39.0 Å². The minimum Gasteiger partial charge on any atom is -0.378 e. The highest BCUT2D eigenvalue weighted by atomic mass is 35.5. The van der Waals surface area contributed by atoms with Gasteiger partial charge in [0.25, 0.3) is 6.43 Å². The second-order valence-electron chi connectivity index (χ2n) is 11.3. The summed E-state index contributed by atoms with van der Waals surface area (Å²) in [4.78, 5) is 4.49. The third-order valence-corrected chi connectivity index (χ3v) is 8.83. The van der Waals surface area contributed by atoms with Crippen LogP contribution in [0, 0.1) is 17.1 Å². The van der Waals surface area contributed by atoms with Crippen LogP contribution in [0.5, 0.6) is 0 Å². The van der Waals surface area contributed by atoms with Gasteiger partial charge in [-0.25, -0.2) is 13.2 Å². The average molecular weight is 616 g/mol. The van der Waals surface area contributed by atoms with Crippen molar-refractivity contribution < 1.29 is 13.2 Å². The van der Waals surface area contributed by atoms with E-state index in [9.17, 15) is 18.4 Å². The Bertz CT molecular complexity index is 1760. The van der Waals surface area contributed by atoms with Gasteiger partial charge in [-0.15, -0.1) is 5.53 Å². The van der Waals surface area contributed by atoms with Crippen molar-refractivity contribution in [3.8, 4) is 6.07 Å². The lowest BCUT2D eigenvalue weighted by molar-refractivity contribution is 0.00910. The molecule has 3 aromatic carbocycles. The van der Waals surface area contributed by atoms with Crippen molar-refractivity contribution in [1.29, 1.82) is 5.26 Å². The molecular formula is C32H30BClF3N7. The highest BCUT2D eigenvalue weighted by molar-refractivity contribution is 6.36. The molecule has 12 heteroatoms. The standard InChI is InChI=1S/C32H30BClF3N7/c1-2-26(19-6-4-3-5-7-19)40-28-20(16-38)17-39-29-24(28)14-23(15-25(29)34)41-32(33,21-8-10-22(35)11-9-21)27-18-44(43-42-27)31(12-13-31)30(36)37/h3-11,14-15,17-18,26,30,41-43H,2,12-13,33H2,1H3,(H,39,40)/t26-,32?/m1/s1. The Balaban J connectivity index is 1.44. The van der Waals surface area contributed by atoms with Crippen molar-refractivity contribution in [2.24, 2.45) is 0 Å². The Morgan fingerprint density at radius 2 is 1.89 bits per heavy atom. The van der Waals surface area contributed by atoms with Gasteiger partial charge >= 0.3 is 0 Å². The van der Waals surface area contributed by atoms with Crippen LogP contribution >= 0.6 is 11.6 Å². The van der Waals surface area contributed by atoms with Crippen molar-refractivity contribution in [3.05, 3.63) is 112 Å². The van der Waals surface area contributed by atoms with Crippen molar-refractivity contribution in [2.75, 3.05) is 10.6 Å². The molecule has 0 radical (unpaired) electrons. The van der Waals surface area contributed by atoms with Crippen LogP contribution in [0.2, 0.25) is 5.02 Å². The first-order chi connectivity index (χ1) is 21.2. The van der Waals surface area contributed by atoms with Crippen molar-refractivity contribution in [2.45, 2.75) is 49.6 Å². The number of benzene rings is 3. The highest BCUT2D eigenvalue weighted by Crippen LogP contribution is 2.47. The monoisotopic (exact) mass is 615 g/mol. The first-order valence-electron chi connectivity index (χ1n) is 14.4. The number of pyridine rings is 1. The molecule has 224 valence electrons. The van der Waals surface area contributed by atoms with E-state index in [2.05, 4.69) is 39.6 Å². The minimum absolute atomic E-state index is 0.0803. The molecule has 1 unspecified atom stereocenters. The number of hydrazine groups is 2. The maximum absolute atomic E-state index is 14.0. The van der Waals surface area contributed by atoms with E-state index in [4.69, 9.17) is 11.6 Å². The molecule has 0 bridgehead atoms. The topological polar surface area (TPSA) is 88.0 Å². The van der Waals surface area contributed by atoms with Gasteiger partial charge in [-0.3, -0.25) is 9.99 Å². The van der Waals surface area contributed by atoms with E-state index in [0.29, 0.717) is 57.0 Å². The second kappa shape index (κ2) is 11.6. The third kappa shape index (κ3) is 5.29. The van der Waals surface area contributed by atoms with Crippen LogP contribution in [0.1, 0.15) is 48.9 Å². The number of nitrogens with one attached hydrogen (secondary N) is 4. The molecule has 0 amide bonds. The fraction of sp³-hybridized carbons (Fsp3) is 0.250. The van der Waals surface area contributed by atoms with Gasteiger partial charge in [0.15, 0.2) is 0 Å². The average Bonchev–Trinajstić information content (AvgIpc) is 3.69. The molecule has 2 atom stereocenters. The summed E-state index contributed by atoms with van der Waals surface area (Å²) >= 11 is 6.80. The van der Waals surface area contributed by atoms with Crippen LogP contribution in [0.25, 0.3) is 10.9 Å². The van der Waals surface area contributed by atoms with Gasteiger partial charge in [-0.2, -0.15) is 5.26 Å². The summed E-state index contributed by atoms with van der Waals surface area (Å²) in [6.07, 6.45) is 2.08. The number of halogens is 4. The SMILES string of the molecule is BC(Nc1cc(Cl)c2ncc(C#N)c(N[C@H](CC)c3ccccc3)c2c1)(C1=CN(C2(C(F)F)CC2)NN1)c1ccc(F)cc1. The number of alkyl halides is 2. The van der Waals surface area contributed by atoms with Gasteiger partial charge in [0, 0.05) is 23.5 Å². The number of aromatic nitrogens is 1. The van der Waals surface area contributed by atoms with E-state index < -0.39 is 23.2 Å². The zero-order valence-corrected chi connectivity index (χ0v) is 24.9. The molecule has 2 aliphatic rings. The number of nitriles is 1. The number of nitrogens with zero attached hydrogens (tertiary/aromatic N) is 3. The van der Waals surface area contributed by atoms with E-state index in [0.717, 1.165) is 12.0 Å². The lowest BCUT2D eigenvalue weighted by Gasteiger charge is -2.34. The molecule has 1 aliphatic heterocycles. The number of rotatable bonds is 10. The Morgan fingerprint density at radius 1 is 1.16 bits per heavy atom. The molecule has 1 aromatic heterocycles. The predicted molar refractivity (Wildman–Crippen MR) is 169 cm³/mol. The van der Waals surface area contributed by atoms with E-state index in [1.54, 1.807) is 24.4 Å². The normalized spacial score (nSPS) is 17.4. The van der Waals surface area contributed by atoms with Crippen molar-refractivity contribution >= 4 is 41.7 Å². The zero-order valence-electron chi connectivity index (χ0n) is 24.1. The summed E-state index contributed by atoms with van der Waals surface area (Å²) in [5, 5.41) is 19.5. The maximum Gasteiger partial charge on any atom is 0.262 e. The van der Waals surface area contributed by atoms with Crippen molar-refractivity contribution in [3.63, 3.8) is 0 Å². The molecule has 1 fully saturated rings. The van der Waals surface area contributed by atoms with Crippen LogP contribution < -0.4 is 21.6 Å². The lowest BCUT2D eigenvalue weighted by atomic mass is 9.69. The fourth-order valence-electron chi connectivity index (χ4n) is 5.72. The van der Waals surface area contributed by atoms with Gasteiger partial charge in [-0.1, -0.05) is 61.0 Å². The molecular weight excluding hydrogens is 586 g/mol. The van der Waals surface area contributed by atoms with Crippen LogP contribution in [0.3, 0.4) is 0 Å². The smallest absolute Gasteiger partial charge is 0.262 e. The summed E-state index contributed by atoms with van der Waals surface area (Å²) in [5.41, 5.74) is 7.98. The van der Waals surface area contributed by atoms with Gasteiger partial charge in [0.1, 0.15) is 25.3 Å². The predicted octanol–water partition coefficient (Wildman–Crippen LogP) is 6.32. The Morgan fingerprint density at radius 3 is 2.52 bits per heavy atom. The molecule has 1 saturated carbocycles. The largest absolute Gasteiger partial charge is 0.378 e. The van der Waals surface area contributed by atoms with E-state index in [1.165, 1.54) is 23.3 Å². The first-order valence-corrected chi connectivity index (χ1v) is 14.8. The van der Waals surface area contributed by atoms with Gasteiger partial charge < -0.3 is 16.1 Å². The number of anilines is 2. The number of fused-ring (bicyclic) bond motifs is 1. The molecule has 0 saturated heterocycles. The van der Waals surface area contributed by atoms with Crippen LogP contribution in [-0.2, 0) is 5.44 Å². The van der Waals surface area contributed by atoms with E-state index in [-0.39, 0.29) is 6.04 Å². The van der Waals surface area contributed by atoms with Crippen LogP contribution in [-0.4, -0.2) is 29.8 Å². The third-order valence-electron chi connectivity index (χ3n) is 8.55. The first kappa shape index (κ1) is 29.7. The van der Waals surface area contributed by atoms with Crippen LogP contribution in [0.4, 0.5) is 24.5 Å². The maximum atomic E-state index is 14.0. The highest BCUT2D eigenvalue weighted by Gasteiger charge is 2.57. The summed E-state index contributed by atoms with van der Waals surface area (Å²) in [6, 6.07) is 21.7. The Labute approximate surface area is 259 Å². The minimum atomic E-state index is -2.53. The fourth-order valence-corrected chi connectivity index (χ4v) is 5.99.